The second-order valence-electron chi connectivity index (χ2n) is 3.22. The third-order valence-corrected chi connectivity index (χ3v) is 2.27. The van der Waals surface area contributed by atoms with Crippen molar-refractivity contribution in [2.24, 2.45) is 11.7 Å². The summed E-state index contributed by atoms with van der Waals surface area (Å²) in [6.45, 7) is 2.71. The molecule has 1 aliphatic rings. The van der Waals surface area contributed by atoms with Crippen LogP contribution in [-0.2, 0) is 4.79 Å². The van der Waals surface area contributed by atoms with Crippen LogP contribution in [0.5, 0.6) is 0 Å². The zero-order valence-corrected chi connectivity index (χ0v) is 7.21. The van der Waals surface area contributed by atoms with Gasteiger partial charge < -0.3 is 10.6 Å². The summed E-state index contributed by atoms with van der Waals surface area (Å²) in [4.78, 5) is 13.0. The Labute approximate surface area is 67.5 Å². The van der Waals surface area contributed by atoms with Crippen LogP contribution in [0, 0.1) is 5.92 Å². The third kappa shape index (κ3) is 1.93. The van der Waals surface area contributed by atoms with E-state index < -0.39 is 0 Å². The molecule has 0 aromatic heterocycles. The molecule has 0 spiro atoms. The topological polar surface area (TPSA) is 46.3 Å². The summed E-state index contributed by atoms with van der Waals surface area (Å²) in [6, 6.07) is -0.236. The highest BCUT2D eigenvalue weighted by molar-refractivity contribution is 5.82. The first-order chi connectivity index (χ1) is 5.16. The van der Waals surface area contributed by atoms with Gasteiger partial charge in [-0.25, -0.2) is 0 Å². The number of amides is 1. The highest BCUT2D eigenvalue weighted by Gasteiger charge is 2.34. The van der Waals surface area contributed by atoms with Gasteiger partial charge in [0.1, 0.15) is 0 Å². The first kappa shape index (κ1) is 8.53. The molecule has 0 aliphatic heterocycles. The van der Waals surface area contributed by atoms with E-state index in [2.05, 4.69) is 0 Å². The van der Waals surface area contributed by atoms with Crippen LogP contribution in [0.4, 0.5) is 0 Å². The Morgan fingerprint density at radius 3 is 2.64 bits per heavy atom. The van der Waals surface area contributed by atoms with Gasteiger partial charge in [-0.15, -0.1) is 0 Å². The third-order valence-electron chi connectivity index (χ3n) is 2.27. The molecule has 0 aromatic rings. The maximum absolute atomic E-state index is 11.4. The smallest absolute Gasteiger partial charge is 0.239 e. The average Bonchev–Trinajstić information content (AvgIpc) is 2.82. The quantitative estimate of drug-likeness (QED) is 0.634. The number of likely N-dealkylation sites (N-methyl/N-ethyl adjacent to an activating group) is 1. The largest absolute Gasteiger partial charge is 0.345 e. The summed E-state index contributed by atoms with van der Waals surface area (Å²) in [6.07, 6.45) is 2.26. The Kier molecular flexibility index (Phi) is 2.49. The summed E-state index contributed by atoms with van der Waals surface area (Å²) in [5, 5.41) is 0. The fourth-order valence-electron chi connectivity index (χ4n) is 1.07. The van der Waals surface area contributed by atoms with Crippen LogP contribution in [0.15, 0.2) is 0 Å². The van der Waals surface area contributed by atoms with Gasteiger partial charge in [-0.1, -0.05) is 0 Å². The summed E-state index contributed by atoms with van der Waals surface area (Å²) in [7, 11) is 1.80. The minimum atomic E-state index is -0.236. The van der Waals surface area contributed by atoms with Crippen molar-refractivity contribution in [2.75, 3.05) is 13.6 Å². The molecule has 1 atom stereocenters. The second kappa shape index (κ2) is 3.22. The van der Waals surface area contributed by atoms with E-state index in [9.17, 15) is 4.79 Å². The van der Waals surface area contributed by atoms with Crippen molar-refractivity contribution in [1.82, 2.24) is 4.90 Å². The van der Waals surface area contributed by atoms with Gasteiger partial charge in [0.15, 0.2) is 0 Å². The van der Waals surface area contributed by atoms with Crippen LogP contribution in [0.3, 0.4) is 0 Å². The molecule has 11 heavy (non-hydrogen) atoms. The molecule has 3 nitrogen and oxygen atoms in total. The van der Waals surface area contributed by atoms with Crippen molar-refractivity contribution in [3.63, 3.8) is 0 Å². The molecule has 1 fully saturated rings. The van der Waals surface area contributed by atoms with Crippen molar-refractivity contribution in [3.8, 4) is 0 Å². The van der Waals surface area contributed by atoms with Crippen molar-refractivity contribution in [2.45, 2.75) is 25.8 Å². The lowest BCUT2D eigenvalue weighted by Gasteiger charge is -2.18. The number of carbonyl (C=O) groups is 1. The van der Waals surface area contributed by atoms with E-state index in [-0.39, 0.29) is 11.9 Å². The first-order valence-electron chi connectivity index (χ1n) is 4.17. The Morgan fingerprint density at radius 2 is 2.27 bits per heavy atom. The predicted molar refractivity (Wildman–Crippen MR) is 44.0 cm³/mol. The van der Waals surface area contributed by atoms with Gasteiger partial charge in [-0.2, -0.15) is 0 Å². The van der Waals surface area contributed by atoms with Gasteiger partial charge in [0.05, 0.1) is 6.04 Å². The predicted octanol–water partition coefficient (Wildman–Crippen LogP) is 0.202. The summed E-state index contributed by atoms with van der Waals surface area (Å²) >= 11 is 0. The first-order valence-corrected chi connectivity index (χ1v) is 4.17. The maximum atomic E-state index is 11.4. The van der Waals surface area contributed by atoms with Crippen LogP contribution in [0.2, 0.25) is 0 Å². The van der Waals surface area contributed by atoms with Crippen LogP contribution in [-0.4, -0.2) is 30.4 Å². The fourth-order valence-corrected chi connectivity index (χ4v) is 1.07. The Morgan fingerprint density at radius 1 is 1.73 bits per heavy atom. The summed E-state index contributed by atoms with van der Waals surface area (Å²) in [5.41, 5.74) is 5.71. The molecule has 1 amide bonds. The summed E-state index contributed by atoms with van der Waals surface area (Å²) in [5.74, 6) is 0.562. The van der Waals surface area contributed by atoms with E-state index in [0.29, 0.717) is 5.92 Å². The number of hydrogen-bond acceptors (Lipinski definition) is 2. The van der Waals surface area contributed by atoms with Gasteiger partial charge >= 0.3 is 0 Å². The van der Waals surface area contributed by atoms with Crippen molar-refractivity contribution in [3.05, 3.63) is 0 Å². The number of nitrogens with two attached hydrogens (primary N) is 1. The second-order valence-corrected chi connectivity index (χ2v) is 3.22. The molecule has 1 unspecified atom stereocenters. The molecule has 64 valence electrons. The van der Waals surface area contributed by atoms with E-state index in [1.54, 1.807) is 11.9 Å². The van der Waals surface area contributed by atoms with Crippen LogP contribution in [0.25, 0.3) is 0 Å². The van der Waals surface area contributed by atoms with Gasteiger partial charge in [-0.05, 0) is 25.7 Å². The lowest BCUT2D eigenvalue weighted by atomic mass is 10.2. The number of carbonyl (C=O) groups excluding carboxylic acids is 1. The minimum Gasteiger partial charge on any atom is -0.345 e. The molecule has 1 aliphatic carbocycles. The number of rotatable bonds is 3. The Hall–Kier alpha value is -0.570. The molecule has 0 bridgehead atoms. The molecule has 1 saturated carbocycles. The molecule has 2 N–H and O–H groups in total. The lowest BCUT2D eigenvalue weighted by molar-refractivity contribution is -0.131. The SMILES string of the molecule is CCN(C)C(=O)C(N)C1CC1. The van der Waals surface area contributed by atoms with Crippen molar-refractivity contribution >= 4 is 5.91 Å². The monoisotopic (exact) mass is 156 g/mol. The molecule has 0 heterocycles. The zero-order valence-electron chi connectivity index (χ0n) is 7.21. The van der Waals surface area contributed by atoms with E-state index in [1.165, 1.54) is 0 Å². The maximum Gasteiger partial charge on any atom is 0.239 e. The van der Waals surface area contributed by atoms with Crippen LogP contribution < -0.4 is 5.73 Å². The van der Waals surface area contributed by atoms with Crippen LogP contribution in [0.1, 0.15) is 19.8 Å². The van der Waals surface area contributed by atoms with E-state index in [0.717, 1.165) is 19.4 Å². The normalized spacial score (nSPS) is 19.5. The van der Waals surface area contributed by atoms with Gasteiger partial charge in [0.2, 0.25) is 5.91 Å². The standard InChI is InChI=1S/C8H16N2O/c1-3-10(2)8(11)7(9)6-4-5-6/h6-7H,3-5,9H2,1-2H3. The highest BCUT2D eigenvalue weighted by atomic mass is 16.2. The fraction of sp³-hybridized carbons (Fsp3) is 0.875. The summed E-state index contributed by atoms with van der Waals surface area (Å²) < 4.78 is 0. The van der Waals surface area contributed by atoms with Gasteiger partial charge in [-0.3, -0.25) is 4.79 Å². The van der Waals surface area contributed by atoms with Crippen molar-refractivity contribution < 1.29 is 4.79 Å². The number of hydrogen-bond donors (Lipinski definition) is 1. The molecular weight excluding hydrogens is 140 g/mol. The average molecular weight is 156 g/mol. The van der Waals surface area contributed by atoms with Gasteiger partial charge in [0, 0.05) is 13.6 Å². The van der Waals surface area contributed by atoms with Gasteiger partial charge in [0.25, 0.3) is 0 Å². The van der Waals surface area contributed by atoms with Crippen molar-refractivity contribution in [1.29, 1.82) is 0 Å². The zero-order chi connectivity index (χ0) is 8.43. The van der Waals surface area contributed by atoms with E-state index in [4.69, 9.17) is 5.73 Å². The minimum absolute atomic E-state index is 0.0926. The lowest BCUT2D eigenvalue weighted by Crippen LogP contribution is -2.42. The molecule has 0 radical (unpaired) electrons. The molecule has 0 aromatic carbocycles. The Bertz CT molecular complexity index is 154. The van der Waals surface area contributed by atoms with E-state index in [1.807, 2.05) is 6.92 Å². The highest BCUT2D eigenvalue weighted by Crippen LogP contribution is 2.32. The molecule has 3 heteroatoms. The molecular formula is C8H16N2O. The number of nitrogens with zero attached hydrogens (tertiary/aromatic N) is 1. The van der Waals surface area contributed by atoms with E-state index >= 15 is 0 Å². The molecule has 0 saturated heterocycles. The molecule has 1 rings (SSSR count). The van der Waals surface area contributed by atoms with Crippen LogP contribution >= 0.6 is 0 Å². The Balaban J connectivity index is 2.38.